The lowest BCUT2D eigenvalue weighted by Crippen LogP contribution is -2.51. The number of aryl methyl sites for hydroxylation is 2. The van der Waals surface area contributed by atoms with Gasteiger partial charge in [0.25, 0.3) is 0 Å². The smallest absolute Gasteiger partial charge is 0.243 e. The van der Waals surface area contributed by atoms with Crippen molar-refractivity contribution in [2.24, 2.45) is 0 Å². The number of halogens is 1. The number of rotatable bonds is 6. The highest BCUT2D eigenvalue weighted by atomic mass is 35.5. The lowest BCUT2D eigenvalue weighted by Gasteiger charge is -2.34. The molecule has 1 heterocycles. The number of methoxy groups -OCH3 is 1. The van der Waals surface area contributed by atoms with Gasteiger partial charge < -0.3 is 15.0 Å². The molecular weight excluding hydrogens is 426 g/mol. The molecule has 0 aliphatic carbocycles. The first-order valence-corrected chi connectivity index (χ1v) is 11.5. The van der Waals surface area contributed by atoms with E-state index in [-0.39, 0.29) is 25.5 Å². The molecule has 1 fully saturated rings. The minimum absolute atomic E-state index is 0.0700. The third kappa shape index (κ3) is 4.88. The van der Waals surface area contributed by atoms with Gasteiger partial charge in [-0.25, -0.2) is 8.42 Å². The van der Waals surface area contributed by atoms with E-state index < -0.39 is 10.0 Å². The number of ether oxygens (including phenoxy) is 1. The van der Waals surface area contributed by atoms with Crippen LogP contribution in [0.2, 0.25) is 5.02 Å². The largest absolute Gasteiger partial charge is 0.495 e. The average molecular weight is 452 g/mol. The number of benzene rings is 2. The lowest BCUT2D eigenvalue weighted by atomic mass is 10.2. The minimum atomic E-state index is -3.58. The van der Waals surface area contributed by atoms with Gasteiger partial charge in [0, 0.05) is 31.2 Å². The summed E-state index contributed by atoms with van der Waals surface area (Å²) in [6.07, 6.45) is 0. The number of hydrogen-bond donors (Lipinski definition) is 1. The van der Waals surface area contributed by atoms with Crippen LogP contribution in [0.3, 0.4) is 0 Å². The molecule has 30 heavy (non-hydrogen) atoms. The molecule has 1 amide bonds. The highest BCUT2D eigenvalue weighted by molar-refractivity contribution is 7.89. The van der Waals surface area contributed by atoms with Crippen LogP contribution in [0.1, 0.15) is 11.1 Å². The molecule has 0 radical (unpaired) electrons. The number of anilines is 1. The summed E-state index contributed by atoms with van der Waals surface area (Å²) < 4.78 is 32.7. The van der Waals surface area contributed by atoms with Gasteiger partial charge in [-0.1, -0.05) is 29.3 Å². The maximum Gasteiger partial charge on any atom is 0.243 e. The average Bonchev–Trinajstić information content (AvgIpc) is 2.72. The Morgan fingerprint density at radius 3 is 2.43 bits per heavy atom. The van der Waals surface area contributed by atoms with Crippen molar-refractivity contribution in [2.45, 2.75) is 18.7 Å². The van der Waals surface area contributed by atoms with Gasteiger partial charge in [-0.05, 0) is 43.7 Å². The fourth-order valence-corrected chi connectivity index (χ4v) is 5.31. The van der Waals surface area contributed by atoms with Crippen molar-refractivity contribution in [1.82, 2.24) is 9.21 Å². The molecular formula is C21H26ClN3O4S. The summed E-state index contributed by atoms with van der Waals surface area (Å²) >= 11 is 6.01. The first-order chi connectivity index (χ1) is 14.2. The number of piperazine rings is 1. The van der Waals surface area contributed by atoms with Gasteiger partial charge in [-0.3, -0.25) is 4.79 Å². The Hall–Kier alpha value is -2.29. The zero-order valence-electron chi connectivity index (χ0n) is 17.3. The first-order valence-electron chi connectivity index (χ1n) is 9.65. The number of carbonyl (C=O) groups is 1. The molecule has 0 atom stereocenters. The standard InChI is InChI=1S/C21H26ClN3O4S/c1-15-4-7-20(16(2)12-15)30(27,28)25-10-8-24(9-11-25)21(26)14-23-18-13-17(22)5-6-19(18)29-3/h4-7,12-13,23H,8-11,14H2,1-3H3. The SMILES string of the molecule is COc1ccc(Cl)cc1NCC(=O)N1CCN(S(=O)(=O)c2ccc(C)cc2C)CC1. The van der Waals surface area contributed by atoms with Crippen molar-refractivity contribution in [3.63, 3.8) is 0 Å². The summed E-state index contributed by atoms with van der Waals surface area (Å²) in [7, 11) is -2.03. The summed E-state index contributed by atoms with van der Waals surface area (Å²) in [6.45, 7) is 5.02. The van der Waals surface area contributed by atoms with Crippen LogP contribution in [-0.4, -0.2) is 63.4 Å². The van der Waals surface area contributed by atoms with E-state index >= 15 is 0 Å². The number of nitrogens with one attached hydrogen (secondary N) is 1. The molecule has 2 aromatic carbocycles. The van der Waals surface area contributed by atoms with E-state index in [4.69, 9.17) is 16.3 Å². The van der Waals surface area contributed by atoms with Crippen molar-refractivity contribution < 1.29 is 17.9 Å². The summed E-state index contributed by atoms with van der Waals surface area (Å²) in [4.78, 5) is 14.6. The Balaban J connectivity index is 1.60. The maximum atomic E-state index is 13.0. The molecule has 1 saturated heterocycles. The number of hydrogen-bond acceptors (Lipinski definition) is 5. The summed E-state index contributed by atoms with van der Waals surface area (Å²) in [5, 5.41) is 3.59. The van der Waals surface area contributed by atoms with Gasteiger partial charge in [0.1, 0.15) is 5.75 Å². The van der Waals surface area contributed by atoms with Crippen molar-refractivity contribution in [3.8, 4) is 5.75 Å². The van der Waals surface area contributed by atoms with E-state index in [9.17, 15) is 13.2 Å². The maximum absolute atomic E-state index is 13.0. The van der Waals surface area contributed by atoms with Crippen LogP contribution < -0.4 is 10.1 Å². The predicted molar refractivity (Wildman–Crippen MR) is 118 cm³/mol. The third-order valence-electron chi connectivity index (χ3n) is 5.13. The van der Waals surface area contributed by atoms with Gasteiger partial charge in [0.05, 0.1) is 24.2 Å². The lowest BCUT2D eigenvalue weighted by molar-refractivity contribution is -0.130. The van der Waals surface area contributed by atoms with Crippen molar-refractivity contribution >= 4 is 33.2 Å². The van der Waals surface area contributed by atoms with Crippen LogP contribution in [0.4, 0.5) is 5.69 Å². The zero-order chi connectivity index (χ0) is 21.9. The molecule has 162 valence electrons. The summed E-state index contributed by atoms with van der Waals surface area (Å²) in [5.74, 6) is 0.483. The van der Waals surface area contributed by atoms with Crippen LogP contribution in [0.25, 0.3) is 0 Å². The Bertz CT molecular complexity index is 1030. The molecule has 1 N–H and O–H groups in total. The highest BCUT2D eigenvalue weighted by Gasteiger charge is 2.31. The Labute approximate surface area is 182 Å². The van der Waals surface area contributed by atoms with E-state index in [1.165, 1.54) is 4.31 Å². The molecule has 1 aliphatic heterocycles. The van der Waals surface area contributed by atoms with Gasteiger partial charge in [-0.2, -0.15) is 4.31 Å². The van der Waals surface area contributed by atoms with E-state index in [1.807, 2.05) is 13.0 Å². The quantitative estimate of drug-likeness (QED) is 0.730. The molecule has 0 unspecified atom stereocenters. The normalized spacial score (nSPS) is 15.1. The second-order valence-electron chi connectivity index (χ2n) is 7.25. The minimum Gasteiger partial charge on any atom is -0.495 e. The predicted octanol–water partition coefficient (Wildman–Crippen LogP) is 2.91. The third-order valence-corrected chi connectivity index (χ3v) is 7.43. The molecule has 2 aromatic rings. The van der Waals surface area contributed by atoms with Crippen LogP contribution >= 0.6 is 11.6 Å². The van der Waals surface area contributed by atoms with Crippen LogP contribution in [-0.2, 0) is 14.8 Å². The van der Waals surface area contributed by atoms with E-state index in [0.717, 1.165) is 11.1 Å². The topological polar surface area (TPSA) is 79.0 Å². The van der Waals surface area contributed by atoms with Gasteiger partial charge >= 0.3 is 0 Å². The molecule has 0 spiro atoms. The summed E-state index contributed by atoms with van der Waals surface area (Å²) in [6, 6.07) is 10.5. The van der Waals surface area contributed by atoms with E-state index in [2.05, 4.69) is 5.32 Å². The molecule has 1 aliphatic rings. The van der Waals surface area contributed by atoms with Crippen molar-refractivity contribution in [3.05, 3.63) is 52.5 Å². The van der Waals surface area contributed by atoms with E-state index in [1.54, 1.807) is 49.3 Å². The number of carbonyl (C=O) groups excluding carboxylic acids is 1. The Morgan fingerprint density at radius 1 is 1.10 bits per heavy atom. The van der Waals surface area contributed by atoms with Crippen molar-refractivity contribution in [1.29, 1.82) is 0 Å². The molecule has 0 aromatic heterocycles. The zero-order valence-corrected chi connectivity index (χ0v) is 18.9. The highest BCUT2D eigenvalue weighted by Crippen LogP contribution is 2.27. The van der Waals surface area contributed by atoms with E-state index in [0.29, 0.717) is 34.4 Å². The van der Waals surface area contributed by atoms with Crippen LogP contribution in [0.15, 0.2) is 41.3 Å². The fraction of sp³-hybridized carbons (Fsp3) is 0.381. The number of amides is 1. The van der Waals surface area contributed by atoms with Crippen LogP contribution in [0.5, 0.6) is 5.75 Å². The van der Waals surface area contributed by atoms with Crippen molar-refractivity contribution in [2.75, 3.05) is 45.2 Å². The van der Waals surface area contributed by atoms with Gasteiger partial charge in [0.15, 0.2) is 0 Å². The van der Waals surface area contributed by atoms with Gasteiger partial charge in [0.2, 0.25) is 15.9 Å². The Morgan fingerprint density at radius 2 is 1.80 bits per heavy atom. The molecule has 7 nitrogen and oxygen atoms in total. The Kier molecular flexibility index (Phi) is 6.90. The van der Waals surface area contributed by atoms with Gasteiger partial charge in [-0.15, -0.1) is 0 Å². The first kappa shape index (κ1) is 22.4. The monoisotopic (exact) mass is 451 g/mol. The number of nitrogens with zero attached hydrogens (tertiary/aromatic N) is 2. The second-order valence-corrected chi connectivity index (χ2v) is 9.59. The van der Waals surface area contributed by atoms with Crippen LogP contribution in [0, 0.1) is 13.8 Å². The molecule has 9 heteroatoms. The molecule has 0 bridgehead atoms. The summed E-state index contributed by atoms with van der Waals surface area (Å²) in [5.41, 5.74) is 2.38. The molecule has 3 rings (SSSR count). The second kappa shape index (κ2) is 9.24. The number of sulfonamides is 1. The fourth-order valence-electron chi connectivity index (χ4n) is 3.51. The molecule has 0 saturated carbocycles.